The standard InChI is InChI=1S/C8H6ClF2NO4S/c9-5-3-4(7(13)14)1-2-6(5)12-17(15,16)8(10)11/h1-3,8,12H,(H,13,14). The van der Waals surface area contributed by atoms with Crippen molar-refractivity contribution in [3.8, 4) is 0 Å². The molecule has 0 unspecified atom stereocenters. The van der Waals surface area contributed by atoms with E-state index in [0.717, 1.165) is 18.2 Å². The lowest BCUT2D eigenvalue weighted by molar-refractivity contribution is 0.0697. The van der Waals surface area contributed by atoms with Gasteiger partial charge < -0.3 is 5.11 Å². The van der Waals surface area contributed by atoms with Gasteiger partial charge in [0.1, 0.15) is 0 Å². The smallest absolute Gasteiger partial charge is 0.355 e. The Morgan fingerprint density at radius 3 is 2.41 bits per heavy atom. The Morgan fingerprint density at radius 2 is 2.00 bits per heavy atom. The summed E-state index contributed by atoms with van der Waals surface area (Å²) in [6.07, 6.45) is 0. The first-order chi connectivity index (χ1) is 7.74. The van der Waals surface area contributed by atoms with Gasteiger partial charge >= 0.3 is 11.7 Å². The Kier molecular flexibility index (Phi) is 3.89. The fourth-order valence-electron chi connectivity index (χ4n) is 0.929. The number of halogens is 3. The quantitative estimate of drug-likeness (QED) is 0.886. The summed E-state index contributed by atoms with van der Waals surface area (Å²) in [5, 5.41) is 8.32. The van der Waals surface area contributed by atoms with Gasteiger partial charge in [0.2, 0.25) is 0 Å². The molecule has 1 aromatic rings. The zero-order valence-corrected chi connectivity index (χ0v) is 9.60. The molecule has 0 radical (unpaired) electrons. The number of rotatable bonds is 4. The van der Waals surface area contributed by atoms with Crippen molar-refractivity contribution in [3.63, 3.8) is 0 Å². The summed E-state index contributed by atoms with van der Waals surface area (Å²) in [7, 11) is -4.82. The summed E-state index contributed by atoms with van der Waals surface area (Å²) in [5.74, 6) is -4.87. The van der Waals surface area contributed by atoms with Crippen molar-refractivity contribution in [2.75, 3.05) is 4.72 Å². The minimum atomic E-state index is -4.82. The van der Waals surface area contributed by atoms with E-state index in [9.17, 15) is 22.0 Å². The molecule has 0 saturated carbocycles. The highest BCUT2D eigenvalue weighted by Crippen LogP contribution is 2.25. The Morgan fingerprint density at radius 1 is 1.41 bits per heavy atom. The van der Waals surface area contributed by atoms with E-state index in [4.69, 9.17) is 16.7 Å². The van der Waals surface area contributed by atoms with Gasteiger partial charge in [-0.2, -0.15) is 8.78 Å². The van der Waals surface area contributed by atoms with Crippen LogP contribution in [0, 0.1) is 0 Å². The number of carbonyl (C=O) groups is 1. The SMILES string of the molecule is O=C(O)c1ccc(NS(=O)(=O)C(F)F)c(Cl)c1. The van der Waals surface area contributed by atoms with Gasteiger partial charge in [0, 0.05) is 0 Å². The molecule has 0 saturated heterocycles. The lowest BCUT2D eigenvalue weighted by atomic mass is 10.2. The number of hydrogen-bond acceptors (Lipinski definition) is 3. The monoisotopic (exact) mass is 285 g/mol. The molecule has 0 fully saturated rings. The summed E-state index contributed by atoms with van der Waals surface area (Å²) in [6, 6.07) is 2.98. The van der Waals surface area contributed by atoms with Gasteiger partial charge in [0.25, 0.3) is 10.0 Å². The number of sulfonamides is 1. The average molecular weight is 286 g/mol. The molecular weight excluding hydrogens is 280 g/mol. The summed E-state index contributed by atoms with van der Waals surface area (Å²) < 4.78 is 47.3. The van der Waals surface area contributed by atoms with E-state index in [1.165, 1.54) is 0 Å². The largest absolute Gasteiger partial charge is 0.478 e. The van der Waals surface area contributed by atoms with Crippen LogP contribution in [0.4, 0.5) is 14.5 Å². The third-order valence-electron chi connectivity index (χ3n) is 1.70. The van der Waals surface area contributed by atoms with E-state index in [0.29, 0.717) is 0 Å². The molecule has 0 bridgehead atoms. The van der Waals surface area contributed by atoms with Gasteiger partial charge in [-0.05, 0) is 18.2 Å². The maximum Gasteiger partial charge on any atom is 0.355 e. The highest BCUT2D eigenvalue weighted by Gasteiger charge is 2.24. The van der Waals surface area contributed by atoms with Crippen molar-refractivity contribution in [3.05, 3.63) is 28.8 Å². The molecule has 0 aliphatic rings. The van der Waals surface area contributed by atoms with Crippen LogP contribution in [0.1, 0.15) is 10.4 Å². The zero-order chi connectivity index (χ0) is 13.2. The molecule has 9 heteroatoms. The highest BCUT2D eigenvalue weighted by molar-refractivity contribution is 7.93. The van der Waals surface area contributed by atoms with Gasteiger partial charge in [-0.25, -0.2) is 13.2 Å². The Hall–Kier alpha value is -1.41. The molecule has 0 amide bonds. The van der Waals surface area contributed by atoms with Gasteiger partial charge in [-0.1, -0.05) is 11.6 Å². The number of carboxylic acid groups (broad SMARTS) is 1. The Labute approximate surface area is 100 Å². The minimum absolute atomic E-state index is 0.185. The average Bonchev–Trinajstić information content (AvgIpc) is 2.20. The van der Waals surface area contributed by atoms with E-state index < -0.39 is 21.8 Å². The first-order valence-corrected chi connectivity index (χ1v) is 5.99. The maximum atomic E-state index is 12.0. The van der Waals surface area contributed by atoms with Crippen LogP contribution in [-0.2, 0) is 10.0 Å². The summed E-state index contributed by atoms with van der Waals surface area (Å²) in [6.45, 7) is 0. The number of nitrogens with one attached hydrogen (secondary N) is 1. The third kappa shape index (κ3) is 3.27. The first-order valence-electron chi connectivity index (χ1n) is 4.06. The van der Waals surface area contributed by atoms with Crippen LogP contribution in [-0.4, -0.2) is 25.3 Å². The van der Waals surface area contributed by atoms with Gasteiger partial charge in [-0.3, -0.25) is 4.72 Å². The summed E-state index contributed by atoms with van der Waals surface area (Å²) >= 11 is 5.55. The molecule has 0 aromatic heterocycles. The van der Waals surface area contributed by atoms with Crippen molar-refractivity contribution in [1.29, 1.82) is 0 Å². The molecule has 2 N–H and O–H groups in total. The Bertz CT molecular complexity index is 546. The molecule has 1 rings (SSSR count). The van der Waals surface area contributed by atoms with E-state index >= 15 is 0 Å². The fourth-order valence-corrected chi connectivity index (χ4v) is 1.79. The minimum Gasteiger partial charge on any atom is -0.478 e. The van der Waals surface area contributed by atoms with E-state index in [1.54, 1.807) is 4.72 Å². The van der Waals surface area contributed by atoms with E-state index in [1.807, 2.05) is 0 Å². The van der Waals surface area contributed by atoms with Crippen LogP contribution in [0.15, 0.2) is 18.2 Å². The second-order valence-corrected chi connectivity index (χ2v) is 4.97. The van der Waals surface area contributed by atoms with Crippen molar-refractivity contribution in [2.45, 2.75) is 5.76 Å². The van der Waals surface area contributed by atoms with E-state index in [-0.39, 0.29) is 16.3 Å². The Balaban J connectivity index is 3.06. The van der Waals surface area contributed by atoms with Crippen molar-refractivity contribution < 1.29 is 27.1 Å². The number of carboxylic acids is 1. The van der Waals surface area contributed by atoms with Crippen LogP contribution < -0.4 is 4.72 Å². The van der Waals surface area contributed by atoms with Crippen LogP contribution in [0.2, 0.25) is 5.02 Å². The first kappa shape index (κ1) is 13.7. The van der Waals surface area contributed by atoms with Crippen LogP contribution >= 0.6 is 11.6 Å². The lowest BCUT2D eigenvalue weighted by Gasteiger charge is -2.08. The van der Waals surface area contributed by atoms with Gasteiger partial charge in [0.15, 0.2) is 0 Å². The van der Waals surface area contributed by atoms with Crippen molar-refractivity contribution >= 4 is 33.3 Å². The predicted molar refractivity (Wildman–Crippen MR) is 57.0 cm³/mol. The molecule has 94 valence electrons. The number of benzene rings is 1. The van der Waals surface area contributed by atoms with Gasteiger partial charge in [0.05, 0.1) is 16.3 Å². The predicted octanol–water partition coefficient (Wildman–Crippen LogP) is 2.00. The summed E-state index contributed by atoms with van der Waals surface area (Å²) in [5.41, 5.74) is -0.494. The normalized spacial score (nSPS) is 11.5. The maximum absolute atomic E-state index is 12.0. The second kappa shape index (κ2) is 4.84. The molecule has 0 aliphatic heterocycles. The van der Waals surface area contributed by atoms with E-state index in [2.05, 4.69) is 0 Å². The van der Waals surface area contributed by atoms with Crippen LogP contribution in [0.25, 0.3) is 0 Å². The number of aromatic carboxylic acids is 1. The van der Waals surface area contributed by atoms with Crippen LogP contribution in [0.3, 0.4) is 0 Å². The molecule has 17 heavy (non-hydrogen) atoms. The second-order valence-electron chi connectivity index (χ2n) is 2.91. The summed E-state index contributed by atoms with van der Waals surface area (Å²) in [4.78, 5) is 10.5. The molecular formula is C8H6ClF2NO4S. The van der Waals surface area contributed by atoms with Gasteiger partial charge in [-0.15, -0.1) is 0 Å². The fraction of sp³-hybridized carbons (Fsp3) is 0.125. The van der Waals surface area contributed by atoms with Crippen LogP contribution in [0.5, 0.6) is 0 Å². The molecule has 0 spiro atoms. The molecule has 0 atom stereocenters. The molecule has 0 aliphatic carbocycles. The number of hydrogen-bond donors (Lipinski definition) is 2. The third-order valence-corrected chi connectivity index (χ3v) is 2.99. The zero-order valence-electron chi connectivity index (χ0n) is 8.02. The molecule has 5 nitrogen and oxygen atoms in total. The lowest BCUT2D eigenvalue weighted by Crippen LogP contribution is -2.20. The van der Waals surface area contributed by atoms with Crippen molar-refractivity contribution in [2.24, 2.45) is 0 Å². The number of alkyl halides is 2. The van der Waals surface area contributed by atoms with Crippen molar-refractivity contribution in [1.82, 2.24) is 0 Å². The topological polar surface area (TPSA) is 83.5 Å². The molecule has 1 aromatic carbocycles. The molecule has 0 heterocycles. The highest BCUT2D eigenvalue weighted by atomic mass is 35.5. The number of anilines is 1.